The van der Waals surface area contributed by atoms with Crippen molar-refractivity contribution in [1.82, 2.24) is 9.97 Å². The third-order valence-electron chi connectivity index (χ3n) is 2.72. The number of halogens is 2. The van der Waals surface area contributed by atoms with Crippen molar-refractivity contribution in [3.8, 4) is 0 Å². The van der Waals surface area contributed by atoms with Crippen molar-refractivity contribution in [3.05, 3.63) is 45.7 Å². The number of hydrogen-bond donors (Lipinski definition) is 1. The Morgan fingerprint density at radius 3 is 2.68 bits per heavy atom. The second-order valence-electron chi connectivity index (χ2n) is 4.19. The molecule has 0 aliphatic heterocycles. The highest BCUT2D eigenvalue weighted by atomic mass is 79.9. The number of carbonyl (C=O) groups excluding carboxylic acids is 1. The summed E-state index contributed by atoms with van der Waals surface area (Å²) < 4.78 is 24.3. The lowest BCUT2D eigenvalue weighted by Gasteiger charge is -2.08. The third-order valence-corrected chi connectivity index (χ3v) is 5.20. The molecule has 1 aromatic carbocycles. The van der Waals surface area contributed by atoms with E-state index in [1.165, 1.54) is 6.92 Å². The van der Waals surface area contributed by atoms with Crippen molar-refractivity contribution >= 4 is 49.0 Å². The molecule has 1 heterocycles. The Morgan fingerprint density at radius 2 is 2.05 bits per heavy atom. The second-order valence-corrected chi connectivity index (χ2v) is 7.62. The first kappa shape index (κ1) is 16.9. The van der Waals surface area contributed by atoms with Gasteiger partial charge in [0.15, 0.2) is 5.69 Å². The zero-order chi connectivity index (χ0) is 16.3. The molecule has 1 N–H and O–H groups in total. The fourth-order valence-electron chi connectivity index (χ4n) is 1.53. The lowest BCUT2D eigenvalue weighted by molar-refractivity contribution is 0.102. The average Bonchev–Trinajstić information content (AvgIpc) is 2.49. The molecule has 1 aromatic heterocycles. The monoisotopic (exact) mass is 403 g/mol. The molecule has 9 heteroatoms. The number of nitrogens with zero attached hydrogens (tertiary/aromatic N) is 2. The summed E-state index contributed by atoms with van der Waals surface area (Å²) in [7, 11) is -3.62. The third kappa shape index (κ3) is 3.63. The Kier molecular flexibility index (Phi) is 5.15. The van der Waals surface area contributed by atoms with Crippen LogP contribution < -0.4 is 5.32 Å². The Balaban J connectivity index is 2.38. The highest BCUT2D eigenvalue weighted by Gasteiger charge is 2.21. The molecule has 0 saturated heterocycles. The van der Waals surface area contributed by atoms with Gasteiger partial charge < -0.3 is 5.32 Å². The van der Waals surface area contributed by atoms with Crippen molar-refractivity contribution in [2.24, 2.45) is 0 Å². The molecule has 0 saturated carbocycles. The van der Waals surface area contributed by atoms with Gasteiger partial charge >= 0.3 is 0 Å². The molecule has 2 rings (SSSR count). The maximum Gasteiger partial charge on any atom is 0.276 e. The number of hydrogen-bond acceptors (Lipinski definition) is 5. The van der Waals surface area contributed by atoms with Crippen LogP contribution in [0.3, 0.4) is 0 Å². The number of nitrogens with one attached hydrogen (secondary N) is 1. The largest absolute Gasteiger partial charge is 0.320 e. The number of amides is 1. The number of para-hydroxylation sites is 1. The Morgan fingerprint density at radius 1 is 1.36 bits per heavy atom. The van der Waals surface area contributed by atoms with Crippen molar-refractivity contribution in [2.45, 2.75) is 12.1 Å². The van der Waals surface area contributed by atoms with Crippen LogP contribution in [-0.2, 0) is 9.84 Å². The van der Waals surface area contributed by atoms with Crippen molar-refractivity contribution in [2.75, 3.05) is 11.1 Å². The molecule has 0 aliphatic rings. The predicted octanol–water partition coefficient (Wildman–Crippen LogP) is 2.94. The van der Waals surface area contributed by atoms with E-state index in [4.69, 9.17) is 11.6 Å². The first-order valence-electron chi connectivity index (χ1n) is 6.16. The summed E-state index contributed by atoms with van der Waals surface area (Å²) in [6, 6.07) is 6.98. The molecule has 0 bridgehead atoms. The molecular weight excluding hydrogens is 394 g/mol. The molecule has 0 fully saturated rings. The summed E-state index contributed by atoms with van der Waals surface area (Å²) in [5.74, 6) is -0.785. The van der Waals surface area contributed by atoms with Crippen LogP contribution in [-0.4, -0.2) is 30.0 Å². The minimum Gasteiger partial charge on any atom is -0.320 e. The van der Waals surface area contributed by atoms with Gasteiger partial charge in [-0.05, 0) is 28.1 Å². The number of rotatable bonds is 4. The number of benzene rings is 1. The van der Waals surface area contributed by atoms with E-state index in [9.17, 15) is 13.2 Å². The lowest BCUT2D eigenvalue weighted by atomic mass is 10.3. The van der Waals surface area contributed by atoms with Crippen LogP contribution >= 0.6 is 27.5 Å². The zero-order valence-corrected chi connectivity index (χ0v) is 14.5. The molecule has 116 valence electrons. The fourth-order valence-corrected chi connectivity index (χ4v) is 2.80. The maximum atomic E-state index is 12.3. The molecule has 6 nitrogen and oxygen atoms in total. The minimum atomic E-state index is -3.62. The molecule has 22 heavy (non-hydrogen) atoms. The van der Waals surface area contributed by atoms with Crippen LogP contribution in [0.2, 0.25) is 5.02 Å². The molecule has 0 spiro atoms. The number of anilines is 1. The van der Waals surface area contributed by atoms with E-state index in [1.54, 1.807) is 24.3 Å². The normalized spacial score (nSPS) is 11.2. The summed E-state index contributed by atoms with van der Waals surface area (Å²) in [4.78, 5) is 19.7. The first-order chi connectivity index (χ1) is 10.3. The van der Waals surface area contributed by atoms with E-state index in [1.807, 2.05) is 0 Å². The average molecular weight is 405 g/mol. The van der Waals surface area contributed by atoms with E-state index < -0.39 is 20.9 Å². The summed E-state index contributed by atoms with van der Waals surface area (Å²) in [6.07, 6.45) is 1.10. The Labute approximate surface area is 141 Å². The van der Waals surface area contributed by atoms with Crippen LogP contribution in [0.5, 0.6) is 0 Å². The fraction of sp³-hybridized carbons (Fsp3) is 0.154. The van der Waals surface area contributed by atoms with Crippen LogP contribution in [0.25, 0.3) is 0 Å². The SMILES string of the molecule is CCS(=O)(=O)c1ncc(Cl)c(C(=O)Nc2ccccc2Br)n1. The second kappa shape index (κ2) is 6.72. The van der Waals surface area contributed by atoms with Gasteiger partial charge in [0.05, 0.1) is 22.7 Å². The first-order valence-corrected chi connectivity index (χ1v) is 8.98. The molecule has 0 radical (unpaired) electrons. The van der Waals surface area contributed by atoms with E-state index in [2.05, 4.69) is 31.2 Å². The van der Waals surface area contributed by atoms with Crippen LogP contribution in [0.4, 0.5) is 5.69 Å². The van der Waals surface area contributed by atoms with Crippen molar-refractivity contribution < 1.29 is 13.2 Å². The number of sulfone groups is 1. The van der Waals surface area contributed by atoms with Gasteiger partial charge in [-0.15, -0.1) is 0 Å². The molecule has 0 unspecified atom stereocenters. The Bertz CT molecular complexity index is 827. The van der Waals surface area contributed by atoms with Gasteiger partial charge in [-0.1, -0.05) is 30.7 Å². The molecule has 1 amide bonds. The van der Waals surface area contributed by atoms with Crippen LogP contribution in [0.15, 0.2) is 40.1 Å². The van der Waals surface area contributed by atoms with Gasteiger partial charge in [0.25, 0.3) is 5.91 Å². The Hall–Kier alpha value is -1.51. The predicted molar refractivity (Wildman–Crippen MR) is 86.9 cm³/mol. The van der Waals surface area contributed by atoms with Gasteiger partial charge in [0.1, 0.15) is 0 Å². The summed E-state index contributed by atoms with van der Waals surface area (Å²) in [5, 5.41) is 2.16. The van der Waals surface area contributed by atoms with Gasteiger partial charge in [0, 0.05) is 4.47 Å². The number of carbonyl (C=O) groups is 1. The van der Waals surface area contributed by atoms with E-state index in [0.29, 0.717) is 10.2 Å². The van der Waals surface area contributed by atoms with Crippen molar-refractivity contribution in [1.29, 1.82) is 0 Å². The van der Waals surface area contributed by atoms with Gasteiger partial charge in [-0.2, -0.15) is 0 Å². The zero-order valence-electron chi connectivity index (χ0n) is 11.4. The van der Waals surface area contributed by atoms with Gasteiger partial charge in [-0.3, -0.25) is 4.79 Å². The molecule has 2 aromatic rings. The van der Waals surface area contributed by atoms with Crippen LogP contribution in [0, 0.1) is 0 Å². The number of aromatic nitrogens is 2. The van der Waals surface area contributed by atoms with Crippen LogP contribution in [0.1, 0.15) is 17.4 Å². The summed E-state index contributed by atoms with van der Waals surface area (Å²) in [6.45, 7) is 1.47. The maximum absolute atomic E-state index is 12.3. The van der Waals surface area contributed by atoms with Gasteiger partial charge in [-0.25, -0.2) is 18.4 Å². The molecule has 0 atom stereocenters. The van der Waals surface area contributed by atoms with Crippen molar-refractivity contribution in [3.63, 3.8) is 0 Å². The smallest absolute Gasteiger partial charge is 0.276 e. The minimum absolute atomic E-state index is 0.0281. The van der Waals surface area contributed by atoms with Gasteiger partial charge in [0.2, 0.25) is 15.0 Å². The highest BCUT2D eigenvalue weighted by Crippen LogP contribution is 2.23. The van der Waals surface area contributed by atoms with E-state index in [-0.39, 0.29) is 16.5 Å². The highest BCUT2D eigenvalue weighted by molar-refractivity contribution is 9.10. The van der Waals surface area contributed by atoms with E-state index in [0.717, 1.165) is 6.20 Å². The molecular formula is C13H11BrClN3O3S. The molecule has 0 aliphatic carbocycles. The lowest BCUT2D eigenvalue weighted by Crippen LogP contribution is -2.18. The standard InChI is InChI=1S/C13H11BrClN3O3S/c1-2-22(20,21)13-16-7-9(15)11(18-13)12(19)17-10-6-4-3-5-8(10)14/h3-7H,2H2,1H3,(H,17,19). The van der Waals surface area contributed by atoms with E-state index >= 15 is 0 Å². The topological polar surface area (TPSA) is 89.0 Å². The summed E-state index contributed by atoms with van der Waals surface area (Å²) >= 11 is 9.19. The quantitative estimate of drug-likeness (QED) is 0.791. The summed E-state index contributed by atoms with van der Waals surface area (Å²) in [5.41, 5.74) is 0.321.